The van der Waals surface area contributed by atoms with Crippen LogP contribution in [0.4, 0.5) is 17.1 Å². The van der Waals surface area contributed by atoms with Crippen molar-refractivity contribution < 1.29 is 22.8 Å². The number of sulfonamides is 1. The fraction of sp³-hybridized carbons (Fsp3) is 0.174. The summed E-state index contributed by atoms with van der Waals surface area (Å²) in [4.78, 5) is 10.7. The molecule has 0 fully saturated rings. The first kappa shape index (κ1) is 25.8. The highest BCUT2D eigenvalue weighted by Gasteiger charge is 2.22. The molecule has 0 aliphatic carbocycles. The van der Waals surface area contributed by atoms with Gasteiger partial charge in [0.25, 0.3) is 15.7 Å². The number of nitro benzene ring substituents is 1. The lowest BCUT2D eigenvalue weighted by atomic mass is 10.1. The normalized spacial score (nSPS) is 11.6. The van der Waals surface area contributed by atoms with E-state index in [0.717, 1.165) is 11.6 Å². The van der Waals surface area contributed by atoms with E-state index in [0.29, 0.717) is 28.7 Å². The summed E-state index contributed by atoms with van der Waals surface area (Å²) in [5.74, 6) is 1.07. The molecule has 0 bridgehead atoms. The Morgan fingerprint density at radius 3 is 2.31 bits per heavy atom. The Kier molecular flexibility index (Phi) is 8.15. The molecule has 0 radical (unpaired) electrons. The molecule has 3 rings (SSSR count). The number of nitrogens with one attached hydrogen (secondary N) is 2. The number of halogens is 1. The summed E-state index contributed by atoms with van der Waals surface area (Å²) in [6.07, 6.45) is 0.508. The van der Waals surface area contributed by atoms with Crippen LogP contribution in [0.5, 0.6) is 11.5 Å². The van der Waals surface area contributed by atoms with Crippen molar-refractivity contribution >= 4 is 44.4 Å². The Bertz CT molecular complexity index is 1360. The SMILES string of the molecule is CC/C(=N/Nc1ccc(S(=O)(=O)Nc2ccc(Cl)cc2)cc1[N+](=O)[O-])c1ccc(OC)c(OC)c1. The van der Waals surface area contributed by atoms with Gasteiger partial charge in [0.2, 0.25) is 0 Å². The van der Waals surface area contributed by atoms with Gasteiger partial charge >= 0.3 is 0 Å². The minimum absolute atomic E-state index is 0.0341. The molecular formula is C23H23ClN4O6S. The van der Waals surface area contributed by atoms with Crippen molar-refractivity contribution in [2.75, 3.05) is 24.4 Å². The van der Waals surface area contributed by atoms with Crippen LogP contribution in [0, 0.1) is 10.1 Å². The smallest absolute Gasteiger partial charge is 0.295 e. The van der Waals surface area contributed by atoms with Crippen molar-refractivity contribution in [3.63, 3.8) is 0 Å². The van der Waals surface area contributed by atoms with Crippen LogP contribution in [0.3, 0.4) is 0 Å². The molecule has 10 nitrogen and oxygen atoms in total. The Morgan fingerprint density at radius 1 is 1.03 bits per heavy atom. The van der Waals surface area contributed by atoms with Gasteiger partial charge < -0.3 is 9.47 Å². The Morgan fingerprint density at radius 2 is 1.71 bits per heavy atom. The Balaban J connectivity index is 1.90. The van der Waals surface area contributed by atoms with Crippen LogP contribution in [0.15, 0.2) is 70.7 Å². The molecule has 2 N–H and O–H groups in total. The van der Waals surface area contributed by atoms with Crippen molar-refractivity contribution in [1.29, 1.82) is 0 Å². The van der Waals surface area contributed by atoms with Crippen molar-refractivity contribution in [1.82, 2.24) is 0 Å². The number of benzene rings is 3. The second-order valence-electron chi connectivity index (χ2n) is 7.14. The van der Waals surface area contributed by atoms with Crippen LogP contribution in [0.25, 0.3) is 0 Å². The van der Waals surface area contributed by atoms with E-state index in [2.05, 4.69) is 15.2 Å². The van der Waals surface area contributed by atoms with E-state index < -0.39 is 20.6 Å². The first-order valence-corrected chi connectivity index (χ1v) is 12.2. The van der Waals surface area contributed by atoms with Gasteiger partial charge in [-0.2, -0.15) is 5.10 Å². The standard InChI is InChI=1S/C23H23ClN4O6S/c1-4-19(15-5-12-22(33-2)23(13-15)34-3)25-26-20-11-10-18(14-21(20)28(29)30)35(31,32)27-17-8-6-16(24)7-9-17/h5-14,26-27H,4H2,1-3H3/b25-19-. The van der Waals surface area contributed by atoms with Crippen molar-refractivity contribution in [3.8, 4) is 11.5 Å². The maximum Gasteiger partial charge on any atom is 0.295 e. The van der Waals surface area contributed by atoms with Gasteiger partial charge in [-0.15, -0.1) is 0 Å². The highest BCUT2D eigenvalue weighted by atomic mass is 35.5. The zero-order valence-corrected chi connectivity index (χ0v) is 20.7. The molecule has 0 saturated carbocycles. The third-order valence-electron chi connectivity index (χ3n) is 4.94. The third-order valence-corrected chi connectivity index (χ3v) is 6.57. The summed E-state index contributed by atoms with van der Waals surface area (Å²) in [7, 11) is -1.03. The summed E-state index contributed by atoms with van der Waals surface area (Å²) in [6.45, 7) is 1.88. The number of rotatable bonds is 10. The van der Waals surface area contributed by atoms with E-state index in [-0.39, 0.29) is 16.3 Å². The minimum atomic E-state index is -4.08. The lowest BCUT2D eigenvalue weighted by Gasteiger charge is -2.12. The average Bonchev–Trinajstić information content (AvgIpc) is 2.85. The molecule has 3 aromatic carbocycles. The van der Waals surface area contributed by atoms with Crippen molar-refractivity contribution in [2.24, 2.45) is 5.10 Å². The summed E-state index contributed by atoms with van der Waals surface area (Å²) in [5, 5.41) is 16.4. The van der Waals surface area contributed by atoms with Gasteiger partial charge in [-0.25, -0.2) is 8.42 Å². The first-order valence-electron chi connectivity index (χ1n) is 10.3. The summed E-state index contributed by atoms with van der Waals surface area (Å²) >= 11 is 5.82. The Hall–Kier alpha value is -3.83. The molecule has 0 spiro atoms. The molecule has 12 heteroatoms. The monoisotopic (exact) mass is 518 g/mol. The number of hydrogen-bond donors (Lipinski definition) is 2. The van der Waals surface area contributed by atoms with Crippen LogP contribution < -0.4 is 19.6 Å². The molecule has 0 aliphatic rings. The van der Waals surface area contributed by atoms with Gasteiger partial charge in [0.05, 0.1) is 29.8 Å². The lowest BCUT2D eigenvalue weighted by molar-refractivity contribution is -0.384. The largest absolute Gasteiger partial charge is 0.493 e. The highest BCUT2D eigenvalue weighted by molar-refractivity contribution is 7.92. The van der Waals surface area contributed by atoms with Gasteiger partial charge in [0.15, 0.2) is 11.5 Å². The molecule has 0 amide bonds. The number of methoxy groups -OCH3 is 2. The molecule has 35 heavy (non-hydrogen) atoms. The second-order valence-corrected chi connectivity index (χ2v) is 9.26. The minimum Gasteiger partial charge on any atom is -0.493 e. The van der Waals surface area contributed by atoms with Crippen molar-refractivity contribution in [2.45, 2.75) is 18.2 Å². The maximum absolute atomic E-state index is 12.7. The van der Waals surface area contributed by atoms with E-state index in [9.17, 15) is 18.5 Å². The second kappa shape index (κ2) is 11.1. The lowest BCUT2D eigenvalue weighted by Crippen LogP contribution is -2.13. The number of ether oxygens (including phenoxy) is 2. The fourth-order valence-electron chi connectivity index (χ4n) is 3.15. The zero-order chi connectivity index (χ0) is 25.6. The van der Waals surface area contributed by atoms with E-state index in [1.54, 1.807) is 18.2 Å². The number of nitrogens with zero attached hydrogens (tertiary/aromatic N) is 2. The van der Waals surface area contributed by atoms with Crippen LogP contribution in [0.1, 0.15) is 18.9 Å². The number of anilines is 2. The molecule has 0 saturated heterocycles. The van der Waals surface area contributed by atoms with Crippen LogP contribution >= 0.6 is 11.6 Å². The van der Waals surface area contributed by atoms with E-state index >= 15 is 0 Å². The number of hydrogen-bond acceptors (Lipinski definition) is 8. The van der Waals surface area contributed by atoms with Gasteiger partial charge in [0, 0.05) is 22.3 Å². The third kappa shape index (κ3) is 6.19. The van der Waals surface area contributed by atoms with Crippen LogP contribution in [-0.4, -0.2) is 33.3 Å². The van der Waals surface area contributed by atoms with Crippen LogP contribution in [0.2, 0.25) is 5.02 Å². The van der Waals surface area contributed by atoms with E-state index in [1.165, 1.54) is 50.6 Å². The molecule has 0 unspecified atom stereocenters. The van der Waals surface area contributed by atoms with Crippen molar-refractivity contribution in [3.05, 3.63) is 81.4 Å². The molecule has 0 heterocycles. The molecular weight excluding hydrogens is 496 g/mol. The first-order chi connectivity index (χ1) is 16.7. The van der Waals surface area contributed by atoms with Gasteiger partial charge in [-0.1, -0.05) is 18.5 Å². The molecule has 3 aromatic rings. The predicted molar refractivity (Wildman–Crippen MR) is 135 cm³/mol. The maximum atomic E-state index is 12.7. The van der Waals surface area contributed by atoms with Crippen LogP contribution in [-0.2, 0) is 10.0 Å². The van der Waals surface area contributed by atoms with Gasteiger partial charge in [-0.05, 0) is 61.0 Å². The fourth-order valence-corrected chi connectivity index (χ4v) is 4.35. The van der Waals surface area contributed by atoms with Gasteiger partial charge in [-0.3, -0.25) is 20.3 Å². The van der Waals surface area contributed by atoms with Gasteiger partial charge in [0.1, 0.15) is 5.69 Å². The number of hydrazone groups is 1. The Labute approximate surface area is 207 Å². The molecule has 0 atom stereocenters. The summed E-state index contributed by atoms with van der Waals surface area (Å²) in [6, 6.07) is 14.8. The average molecular weight is 519 g/mol. The summed E-state index contributed by atoms with van der Waals surface area (Å²) < 4.78 is 38.4. The number of nitro groups is 1. The molecule has 184 valence electrons. The molecule has 0 aromatic heterocycles. The predicted octanol–water partition coefficient (Wildman–Crippen LogP) is 5.29. The van der Waals surface area contributed by atoms with E-state index in [4.69, 9.17) is 21.1 Å². The summed E-state index contributed by atoms with van der Waals surface area (Å²) in [5.41, 5.74) is 3.87. The highest BCUT2D eigenvalue weighted by Crippen LogP contribution is 2.30. The quantitative estimate of drug-likeness (QED) is 0.211. The topological polar surface area (TPSA) is 132 Å². The zero-order valence-electron chi connectivity index (χ0n) is 19.1. The molecule has 0 aliphatic heterocycles. The van der Waals surface area contributed by atoms with E-state index in [1.807, 2.05) is 6.92 Å².